The summed E-state index contributed by atoms with van der Waals surface area (Å²) in [6.45, 7) is 6.22. The molecule has 2 aromatic rings. The highest BCUT2D eigenvalue weighted by atomic mass is 35.5. The molecule has 0 fully saturated rings. The summed E-state index contributed by atoms with van der Waals surface area (Å²) >= 11 is 7.12. The zero-order valence-electron chi connectivity index (χ0n) is 11.2. The van der Waals surface area contributed by atoms with E-state index in [4.69, 9.17) is 11.6 Å². The predicted molar refractivity (Wildman–Crippen MR) is 78.7 cm³/mol. The SMILES string of the molecule is CC(C)(C)c1nnsc1C(O)Cc1ccc(Cl)cc1. The van der Waals surface area contributed by atoms with Crippen LogP contribution < -0.4 is 0 Å². The van der Waals surface area contributed by atoms with Crippen LogP contribution in [0.25, 0.3) is 0 Å². The fourth-order valence-corrected chi connectivity index (χ4v) is 2.85. The van der Waals surface area contributed by atoms with Crippen molar-refractivity contribution in [3.63, 3.8) is 0 Å². The molecule has 1 N–H and O–H groups in total. The summed E-state index contributed by atoms with van der Waals surface area (Å²) in [6.07, 6.45) is -0.0279. The minimum Gasteiger partial charge on any atom is -0.387 e. The first-order valence-corrected chi connectivity index (χ1v) is 7.28. The highest BCUT2D eigenvalue weighted by Gasteiger charge is 2.26. The number of hydrogen-bond acceptors (Lipinski definition) is 4. The summed E-state index contributed by atoms with van der Waals surface area (Å²) in [5.74, 6) is 0. The van der Waals surface area contributed by atoms with Crippen molar-refractivity contribution in [2.75, 3.05) is 0 Å². The number of nitrogens with zero attached hydrogens (tertiary/aromatic N) is 2. The van der Waals surface area contributed by atoms with E-state index < -0.39 is 6.10 Å². The zero-order chi connectivity index (χ0) is 14.0. The van der Waals surface area contributed by atoms with Crippen LogP contribution in [0.15, 0.2) is 24.3 Å². The molecule has 1 atom stereocenters. The van der Waals surface area contributed by atoms with Gasteiger partial charge in [0.2, 0.25) is 0 Å². The first-order chi connectivity index (χ1) is 8.88. The molecule has 0 aliphatic heterocycles. The van der Waals surface area contributed by atoms with Crippen LogP contribution in [0.2, 0.25) is 5.02 Å². The van der Waals surface area contributed by atoms with Crippen molar-refractivity contribution in [3.8, 4) is 0 Å². The van der Waals surface area contributed by atoms with Crippen LogP contribution in [0, 0.1) is 0 Å². The van der Waals surface area contributed by atoms with Crippen LogP contribution in [0.3, 0.4) is 0 Å². The molecule has 102 valence electrons. The van der Waals surface area contributed by atoms with Gasteiger partial charge in [-0.2, -0.15) is 0 Å². The summed E-state index contributed by atoms with van der Waals surface area (Å²) in [6, 6.07) is 7.52. The Hall–Kier alpha value is -0.970. The van der Waals surface area contributed by atoms with Gasteiger partial charge < -0.3 is 5.11 Å². The summed E-state index contributed by atoms with van der Waals surface area (Å²) in [4.78, 5) is 0.849. The lowest BCUT2D eigenvalue weighted by Crippen LogP contribution is -2.16. The number of aromatic nitrogens is 2. The van der Waals surface area contributed by atoms with Gasteiger partial charge in [-0.15, -0.1) is 5.10 Å². The lowest BCUT2D eigenvalue weighted by atomic mass is 9.89. The second-order valence-electron chi connectivity index (χ2n) is 5.58. The van der Waals surface area contributed by atoms with E-state index in [-0.39, 0.29) is 5.41 Å². The lowest BCUT2D eigenvalue weighted by molar-refractivity contribution is 0.179. The van der Waals surface area contributed by atoms with Crippen LogP contribution in [-0.4, -0.2) is 14.7 Å². The van der Waals surface area contributed by atoms with E-state index in [9.17, 15) is 5.11 Å². The second-order valence-corrected chi connectivity index (χ2v) is 6.80. The zero-order valence-corrected chi connectivity index (χ0v) is 12.8. The Morgan fingerprint density at radius 2 is 1.89 bits per heavy atom. The molecule has 19 heavy (non-hydrogen) atoms. The first kappa shape index (κ1) is 14.4. The van der Waals surface area contributed by atoms with E-state index in [1.54, 1.807) is 0 Å². The normalized spacial score (nSPS) is 13.5. The first-order valence-electron chi connectivity index (χ1n) is 6.13. The molecule has 3 nitrogen and oxygen atoms in total. The van der Waals surface area contributed by atoms with E-state index in [0.29, 0.717) is 11.4 Å². The van der Waals surface area contributed by atoms with Gasteiger partial charge in [-0.05, 0) is 29.2 Å². The monoisotopic (exact) mass is 296 g/mol. The summed E-state index contributed by atoms with van der Waals surface area (Å²) in [5, 5.41) is 15.2. The van der Waals surface area contributed by atoms with E-state index in [0.717, 1.165) is 16.1 Å². The largest absolute Gasteiger partial charge is 0.387 e. The predicted octanol–water partition coefficient (Wildman–Crippen LogP) is 3.77. The Kier molecular flexibility index (Phi) is 4.23. The van der Waals surface area contributed by atoms with Crippen LogP contribution in [-0.2, 0) is 11.8 Å². The number of aliphatic hydroxyl groups excluding tert-OH is 1. The number of rotatable bonds is 3. The van der Waals surface area contributed by atoms with Gasteiger partial charge in [0.05, 0.1) is 16.7 Å². The Balaban J connectivity index is 2.19. The fourth-order valence-electron chi connectivity index (χ4n) is 1.87. The molecule has 0 spiro atoms. The Morgan fingerprint density at radius 3 is 2.47 bits per heavy atom. The van der Waals surface area contributed by atoms with E-state index in [1.807, 2.05) is 24.3 Å². The van der Waals surface area contributed by atoms with Crippen molar-refractivity contribution in [1.82, 2.24) is 9.59 Å². The maximum absolute atomic E-state index is 10.4. The third kappa shape index (κ3) is 3.53. The summed E-state index contributed by atoms with van der Waals surface area (Å²) in [5.41, 5.74) is 1.81. The fraction of sp³-hybridized carbons (Fsp3) is 0.429. The van der Waals surface area contributed by atoms with Crippen LogP contribution in [0.1, 0.15) is 43.0 Å². The van der Waals surface area contributed by atoms with Gasteiger partial charge in [0.15, 0.2) is 0 Å². The molecule has 2 rings (SSSR count). The molecule has 1 aromatic heterocycles. The number of halogens is 1. The van der Waals surface area contributed by atoms with E-state index >= 15 is 0 Å². The van der Waals surface area contributed by atoms with Gasteiger partial charge >= 0.3 is 0 Å². The van der Waals surface area contributed by atoms with Crippen LogP contribution in [0.5, 0.6) is 0 Å². The smallest absolute Gasteiger partial charge is 0.0957 e. The maximum atomic E-state index is 10.4. The molecule has 0 saturated carbocycles. The Labute approximate surface area is 122 Å². The highest BCUT2D eigenvalue weighted by Crippen LogP contribution is 2.31. The van der Waals surface area contributed by atoms with Crippen LogP contribution >= 0.6 is 23.1 Å². The van der Waals surface area contributed by atoms with Crippen molar-refractivity contribution in [2.24, 2.45) is 0 Å². The molecule has 1 aromatic carbocycles. The molecule has 0 amide bonds. The molecule has 0 saturated heterocycles. The van der Waals surface area contributed by atoms with Gasteiger partial charge in [-0.1, -0.05) is 49.0 Å². The highest BCUT2D eigenvalue weighted by molar-refractivity contribution is 7.05. The molecule has 5 heteroatoms. The second kappa shape index (κ2) is 5.57. The lowest BCUT2D eigenvalue weighted by Gasteiger charge is -2.19. The molecular weight excluding hydrogens is 280 g/mol. The van der Waals surface area contributed by atoms with E-state index in [2.05, 4.69) is 30.4 Å². The van der Waals surface area contributed by atoms with Gasteiger partial charge in [0.1, 0.15) is 0 Å². The van der Waals surface area contributed by atoms with Gasteiger partial charge in [0, 0.05) is 16.9 Å². The minimum absolute atomic E-state index is 0.108. The maximum Gasteiger partial charge on any atom is 0.0957 e. The number of hydrogen-bond donors (Lipinski definition) is 1. The van der Waals surface area contributed by atoms with E-state index in [1.165, 1.54) is 11.5 Å². The molecule has 1 heterocycles. The van der Waals surface area contributed by atoms with Crippen molar-refractivity contribution in [2.45, 2.75) is 38.7 Å². The average Bonchev–Trinajstić information content (AvgIpc) is 2.81. The molecule has 0 bridgehead atoms. The van der Waals surface area contributed by atoms with Crippen molar-refractivity contribution in [1.29, 1.82) is 0 Å². The van der Waals surface area contributed by atoms with Gasteiger partial charge in [0.25, 0.3) is 0 Å². The number of aliphatic hydroxyl groups is 1. The Bertz CT molecular complexity index is 545. The third-order valence-corrected chi connectivity index (χ3v) is 3.95. The topological polar surface area (TPSA) is 46.0 Å². The molecule has 1 unspecified atom stereocenters. The van der Waals surface area contributed by atoms with Gasteiger partial charge in [-0.25, -0.2) is 0 Å². The number of benzene rings is 1. The van der Waals surface area contributed by atoms with Crippen molar-refractivity contribution < 1.29 is 5.11 Å². The average molecular weight is 297 g/mol. The third-order valence-electron chi connectivity index (χ3n) is 2.87. The molecule has 0 radical (unpaired) electrons. The Morgan fingerprint density at radius 1 is 1.26 bits per heavy atom. The minimum atomic E-state index is -0.574. The quantitative estimate of drug-likeness (QED) is 0.938. The standard InChI is InChI=1S/C14H17ClN2OS/c1-14(2,3)13-12(19-17-16-13)11(18)8-9-4-6-10(15)7-5-9/h4-7,11,18H,8H2,1-3H3. The van der Waals surface area contributed by atoms with Crippen molar-refractivity contribution >= 4 is 23.1 Å². The molecule has 0 aliphatic rings. The summed E-state index contributed by atoms with van der Waals surface area (Å²) in [7, 11) is 0. The molecule has 0 aliphatic carbocycles. The molecular formula is C14H17ClN2OS. The van der Waals surface area contributed by atoms with Crippen molar-refractivity contribution in [3.05, 3.63) is 45.4 Å². The van der Waals surface area contributed by atoms with Gasteiger partial charge in [-0.3, -0.25) is 0 Å². The summed E-state index contributed by atoms with van der Waals surface area (Å²) < 4.78 is 3.98. The van der Waals surface area contributed by atoms with Crippen LogP contribution in [0.4, 0.5) is 0 Å².